The quantitative estimate of drug-likeness (QED) is 0.0102. The van der Waals surface area contributed by atoms with E-state index < -0.39 is 144 Å². The van der Waals surface area contributed by atoms with Crippen molar-refractivity contribution in [2.75, 3.05) is 20.8 Å². The lowest BCUT2D eigenvalue weighted by molar-refractivity contribution is -0.160. The van der Waals surface area contributed by atoms with Crippen LogP contribution < -0.4 is 52.0 Å². The first-order chi connectivity index (χ1) is 54.8. The van der Waals surface area contributed by atoms with Gasteiger partial charge in [0.1, 0.15) is 78.7 Å². The predicted molar refractivity (Wildman–Crippen MR) is 441 cm³/mol. The van der Waals surface area contributed by atoms with Gasteiger partial charge in [-0.25, -0.2) is 9.59 Å². The average molecular weight is 1590 g/mol. The molecule has 9 atom stereocenters. The molecule has 1 aliphatic rings. The maximum absolute atomic E-state index is 14.8. The number of benzene rings is 5. The van der Waals surface area contributed by atoms with Gasteiger partial charge in [0.15, 0.2) is 0 Å². The van der Waals surface area contributed by atoms with Crippen LogP contribution in [0.15, 0.2) is 127 Å². The second-order valence-electron chi connectivity index (χ2n) is 32.2. The van der Waals surface area contributed by atoms with Crippen LogP contribution in [0.25, 0.3) is 11.1 Å². The standard InChI is InChI=1S/C90H126N8O17/c1-16-18-19-20-21-22-23-24-28-35-66(52-77(100)112-54-61-33-26-25-27-34-61)114-88(108)80(59(9)17-2)98-86(106)74(51-57(5)6)93-84(104)75(53-78(101)115-90(11,12)13)94-87(107)79(58(7)8)97-85(105)73(50-56(3)4)92-82(102)60(10)91-83(103)72(95-89(109)113-55-71-69-38-31-29-36-67(69)68-37-30-32-39-70(68)71)48-49-76(99)96-81(62-40-44-64(110-14)45-41-62)63-42-46-65(111-15)47-43-63/h25-27,29-34,36-47,56-60,66,71-75,79-81H,16-24,28,35,48-55H2,1-15H3,(H,91,103)(H,92,102)(H,93,104)(H,94,107)(H,95,109)(H,96,99)(H,97,105)(H,98,106)/t59-,60-,66?,72-,73+,74+,75-,79-,80-/m0/s1. The molecule has 0 spiro atoms. The van der Waals surface area contributed by atoms with E-state index >= 15 is 0 Å². The third kappa shape index (κ3) is 31.4. The molecule has 0 radical (unpaired) electrons. The lowest BCUT2D eigenvalue weighted by Crippen LogP contribution is -2.61. The zero-order valence-corrected chi connectivity index (χ0v) is 70.1. The summed E-state index contributed by atoms with van der Waals surface area (Å²) in [5, 5.41) is 22.1. The number of alkyl carbamates (subject to hydrolysis) is 1. The molecule has 0 saturated carbocycles. The highest BCUT2D eigenvalue weighted by atomic mass is 16.6. The topological polar surface area (TPSA) is 339 Å². The average Bonchev–Trinajstić information content (AvgIpc) is 1.61. The Balaban J connectivity index is 1.17. The third-order valence-corrected chi connectivity index (χ3v) is 20.2. The highest BCUT2D eigenvalue weighted by Crippen LogP contribution is 2.44. The molecule has 1 unspecified atom stereocenters. The molecule has 8 amide bonds. The summed E-state index contributed by atoms with van der Waals surface area (Å²) in [4.78, 5) is 158. The maximum atomic E-state index is 14.8. The van der Waals surface area contributed by atoms with Crippen molar-refractivity contribution in [3.05, 3.63) is 155 Å². The molecular formula is C90H126N8O17. The van der Waals surface area contributed by atoms with Crippen LogP contribution in [-0.4, -0.2) is 140 Å². The normalized spacial score (nSPS) is 14.2. The fourth-order valence-electron chi connectivity index (χ4n) is 13.7. The van der Waals surface area contributed by atoms with Gasteiger partial charge in [-0.1, -0.05) is 223 Å². The van der Waals surface area contributed by atoms with E-state index in [1.807, 2.05) is 138 Å². The van der Waals surface area contributed by atoms with E-state index in [0.717, 1.165) is 71.0 Å². The Labute approximate surface area is 679 Å². The molecule has 0 fully saturated rings. The second-order valence-corrected chi connectivity index (χ2v) is 32.2. The number of fused-ring (bicyclic) bond motifs is 3. The van der Waals surface area contributed by atoms with Gasteiger partial charge in [0.25, 0.3) is 0 Å². The number of methoxy groups -OCH3 is 2. The Hall–Kier alpha value is -10.3. The second kappa shape index (κ2) is 47.5. The molecule has 8 N–H and O–H groups in total. The molecule has 0 saturated heterocycles. The van der Waals surface area contributed by atoms with Crippen molar-refractivity contribution in [1.82, 2.24) is 42.5 Å². The summed E-state index contributed by atoms with van der Waals surface area (Å²) in [5.74, 6) is -8.60. The summed E-state index contributed by atoms with van der Waals surface area (Å²) in [6.07, 6.45) is 7.00. The van der Waals surface area contributed by atoms with E-state index in [4.69, 9.17) is 28.4 Å². The number of carbonyl (C=O) groups is 11. The van der Waals surface area contributed by atoms with E-state index in [1.165, 1.54) is 26.2 Å². The minimum Gasteiger partial charge on any atom is -0.497 e. The molecule has 5 aromatic carbocycles. The van der Waals surface area contributed by atoms with E-state index in [0.29, 0.717) is 30.8 Å². The first-order valence-electron chi connectivity index (χ1n) is 40.9. The molecule has 0 bridgehead atoms. The van der Waals surface area contributed by atoms with Gasteiger partial charge in [-0.05, 0) is 147 Å². The van der Waals surface area contributed by atoms with Crippen LogP contribution in [0.5, 0.6) is 11.5 Å². The van der Waals surface area contributed by atoms with Crippen LogP contribution >= 0.6 is 0 Å². The number of rotatable bonds is 48. The SMILES string of the molecule is CCCCCCCCCCCC(CC(=O)OCc1ccccc1)OC(=O)[C@@H](NC(=O)[C@@H](CC(C)C)NC(=O)[C@H](CC(=O)OC(C)(C)C)NC(=O)[C@@H](NC(=O)[C@@H](CC(C)C)NC(=O)[C@H](C)NC(=O)[C@H](CCC(=O)NC(c1ccc(OC)cc1)c1ccc(OC)cc1)NC(=O)OCC1c2ccccc2-c2ccccc21)C(C)C)[C@@H](C)CC. The van der Waals surface area contributed by atoms with Crippen molar-refractivity contribution in [3.8, 4) is 22.6 Å². The Morgan fingerprint density at radius 3 is 1.45 bits per heavy atom. The lowest BCUT2D eigenvalue weighted by Gasteiger charge is -2.30. The summed E-state index contributed by atoms with van der Waals surface area (Å²) in [7, 11) is 3.09. The first kappa shape index (κ1) is 93.5. The van der Waals surface area contributed by atoms with E-state index in [-0.39, 0.29) is 63.1 Å². The van der Waals surface area contributed by atoms with Crippen molar-refractivity contribution in [3.63, 3.8) is 0 Å². The molecule has 115 heavy (non-hydrogen) atoms. The Morgan fingerprint density at radius 1 is 0.452 bits per heavy atom. The van der Waals surface area contributed by atoms with E-state index in [9.17, 15) is 52.7 Å². The Kier molecular flexibility index (Phi) is 38.6. The van der Waals surface area contributed by atoms with Gasteiger partial charge in [0.05, 0.1) is 33.1 Å². The van der Waals surface area contributed by atoms with Gasteiger partial charge in [-0.3, -0.25) is 43.2 Å². The number of nitrogens with one attached hydrogen (secondary N) is 8. The first-order valence-corrected chi connectivity index (χ1v) is 40.9. The number of esters is 3. The van der Waals surface area contributed by atoms with Gasteiger partial charge in [0, 0.05) is 12.3 Å². The number of amides is 8. The van der Waals surface area contributed by atoms with Crippen molar-refractivity contribution >= 4 is 65.4 Å². The van der Waals surface area contributed by atoms with Gasteiger partial charge in [0.2, 0.25) is 41.4 Å². The van der Waals surface area contributed by atoms with Crippen LogP contribution in [-0.2, 0) is 73.5 Å². The van der Waals surface area contributed by atoms with E-state index in [1.54, 1.807) is 80.0 Å². The van der Waals surface area contributed by atoms with Crippen molar-refractivity contribution < 1.29 is 81.2 Å². The summed E-state index contributed by atoms with van der Waals surface area (Å²) < 4.78 is 34.1. The highest BCUT2D eigenvalue weighted by Gasteiger charge is 2.39. The predicted octanol–water partition coefficient (Wildman–Crippen LogP) is 13.0. The molecule has 0 aromatic heterocycles. The summed E-state index contributed by atoms with van der Waals surface area (Å²) in [6.45, 7) is 22.5. The van der Waals surface area contributed by atoms with Crippen LogP contribution in [0.3, 0.4) is 0 Å². The maximum Gasteiger partial charge on any atom is 0.407 e. The number of hydrogen-bond acceptors (Lipinski definition) is 17. The molecular weight excluding hydrogens is 1470 g/mol. The van der Waals surface area contributed by atoms with Gasteiger partial charge >= 0.3 is 24.0 Å². The molecule has 25 nitrogen and oxygen atoms in total. The van der Waals surface area contributed by atoms with Crippen LogP contribution in [0.2, 0.25) is 0 Å². The van der Waals surface area contributed by atoms with Crippen molar-refractivity contribution in [2.24, 2.45) is 23.7 Å². The summed E-state index contributed by atoms with van der Waals surface area (Å²) in [5.41, 5.74) is 5.10. The highest BCUT2D eigenvalue weighted by molar-refractivity contribution is 5.98. The van der Waals surface area contributed by atoms with Gasteiger partial charge in [-0.15, -0.1) is 0 Å². The zero-order valence-electron chi connectivity index (χ0n) is 70.1. The van der Waals surface area contributed by atoms with Gasteiger partial charge < -0.3 is 71.0 Å². The summed E-state index contributed by atoms with van der Waals surface area (Å²) >= 11 is 0. The largest absolute Gasteiger partial charge is 0.497 e. The number of unbranched alkanes of at least 4 members (excludes halogenated alkanes) is 8. The fourth-order valence-corrected chi connectivity index (χ4v) is 13.7. The Bertz CT molecular complexity index is 3860. The summed E-state index contributed by atoms with van der Waals surface area (Å²) in [6, 6.07) is 28.6. The molecule has 0 aliphatic heterocycles. The monoisotopic (exact) mass is 1590 g/mol. The van der Waals surface area contributed by atoms with E-state index in [2.05, 4.69) is 49.5 Å². The molecule has 6 rings (SSSR count). The van der Waals surface area contributed by atoms with Crippen LogP contribution in [0.4, 0.5) is 4.79 Å². The fraction of sp³-hybridized carbons (Fsp3) is 0.544. The third-order valence-electron chi connectivity index (χ3n) is 20.2. The number of ether oxygens (including phenoxy) is 6. The number of carbonyl (C=O) groups excluding carboxylic acids is 11. The number of hydrogen-bond donors (Lipinski definition) is 8. The molecule has 5 aromatic rings. The lowest BCUT2D eigenvalue weighted by atomic mass is 9.97. The van der Waals surface area contributed by atoms with Crippen LogP contribution in [0, 0.1) is 23.7 Å². The van der Waals surface area contributed by atoms with Crippen molar-refractivity contribution in [2.45, 2.75) is 272 Å². The molecule has 25 heteroatoms. The van der Waals surface area contributed by atoms with Crippen molar-refractivity contribution in [1.29, 1.82) is 0 Å². The van der Waals surface area contributed by atoms with Crippen LogP contribution in [0.1, 0.15) is 239 Å². The molecule has 0 heterocycles. The molecule has 1 aliphatic carbocycles. The minimum absolute atomic E-state index is 0.0299. The Morgan fingerprint density at radius 2 is 0.939 bits per heavy atom. The van der Waals surface area contributed by atoms with Gasteiger partial charge in [-0.2, -0.15) is 0 Å². The zero-order chi connectivity index (χ0) is 84.3. The minimum atomic E-state index is -1.70. The molecule has 628 valence electrons. The smallest absolute Gasteiger partial charge is 0.407 e.